The number of rotatable bonds is 4. The highest BCUT2D eigenvalue weighted by Gasteiger charge is 2.31. The lowest BCUT2D eigenvalue weighted by atomic mass is 9.89. The number of aliphatic hydroxyl groups excluding tert-OH is 1. The number of hydrogen-bond acceptors (Lipinski definition) is 6. The molecular formula is C17H26N4O3. The second-order valence-electron chi connectivity index (χ2n) is 6.99. The average Bonchev–Trinajstić information content (AvgIpc) is 2.58. The minimum Gasteiger partial charge on any atom is -0.391 e. The summed E-state index contributed by atoms with van der Waals surface area (Å²) in [6, 6.07) is 2.21. The van der Waals surface area contributed by atoms with Gasteiger partial charge in [0.15, 0.2) is 0 Å². The second-order valence-corrected chi connectivity index (χ2v) is 6.99. The minimum absolute atomic E-state index is 0.0270. The van der Waals surface area contributed by atoms with Crippen LogP contribution in [-0.2, 0) is 0 Å². The number of aliphatic hydroxyl groups is 1. The van der Waals surface area contributed by atoms with Crippen molar-refractivity contribution in [3.05, 3.63) is 27.9 Å². The van der Waals surface area contributed by atoms with Crippen LogP contribution in [0.5, 0.6) is 0 Å². The summed E-state index contributed by atoms with van der Waals surface area (Å²) in [7, 11) is 0. The van der Waals surface area contributed by atoms with Gasteiger partial charge in [0.25, 0.3) is 5.69 Å². The summed E-state index contributed by atoms with van der Waals surface area (Å²) in [6.07, 6.45) is 7.51. The van der Waals surface area contributed by atoms with E-state index >= 15 is 0 Å². The molecule has 1 aliphatic heterocycles. The Bertz CT molecular complexity index is 587. The van der Waals surface area contributed by atoms with Crippen molar-refractivity contribution in [3.63, 3.8) is 0 Å². The largest absolute Gasteiger partial charge is 0.391 e. The predicted octanol–water partition coefficient (Wildman–Crippen LogP) is 2.48. The molecule has 0 spiro atoms. The Hall–Kier alpha value is -1.73. The highest BCUT2D eigenvalue weighted by molar-refractivity contribution is 5.48. The van der Waals surface area contributed by atoms with Crippen LogP contribution in [0.3, 0.4) is 0 Å². The van der Waals surface area contributed by atoms with Gasteiger partial charge in [0, 0.05) is 31.2 Å². The standard InChI is InChI=1S/C17H26N4O3/c1-12-10-14(21(23)24)11-18-17(12)19-13-6-8-20(9-7-13)15-4-2-3-5-16(15)22/h10-11,13,15-16,22H,2-9H2,1H3,(H,18,19). The Morgan fingerprint density at radius 2 is 2.00 bits per heavy atom. The summed E-state index contributed by atoms with van der Waals surface area (Å²) in [5, 5.41) is 24.4. The molecule has 2 aliphatic rings. The van der Waals surface area contributed by atoms with Crippen molar-refractivity contribution in [2.45, 2.75) is 63.6 Å². The Kier molecular flexibility index (Phi) is 5.30. The molecule has 1 aromatic heterocycles. The van der Waals surface area contributed by atoms with E-state index in [4.69, 9.17) is 0 Å². The maximum absolute atomic E-state index is 10.8. The highest BCUT2D eigenvalue weighted by atomic mass is 16.6. The molecule has 2 fully saturated rings. The third kappa shape index (κ3) is 3.84. The zero-order chi connectivity index (χ0) is 17.1. The van der Waals surface area contributed by atoms with Crippen LogP contribution in [0.25, 0.3) is 0 Å². The van der Waals surface area contributed by atoms with E-state index in [-0.39, 0.29) is 11.8 Å². The van der Waals surface area contributed by atoms with Gasteiger partial charge in [-0.25, -0.2) is 4.98 Å². The normalized spacial score (nSPS) is 26.2. The SMILES string of the molecule is Cc1cc([N+](=O)[O-])cnc1NC1CCN(C2CCCCC2O)CC1. The van der Waals surface area contributed by atoms with Crippen LogP contribution in [0.1, 0.15) is 44.1 Å². The van der Waals surface area contributed by atoms with E-state index in [9.17, 15) is 15.2 Å². The number of likely N-dealkylation sites (tertiary alicyclic amines) is 1. The molecule has 1 saturated heterocycles. The van der Waals surface area contributed by atoms with Crippen LogP contribution in [0, 0.1) is 17.0 Å². The summed E-state index contributed by atoms with van der Waals surface area (Å²) in [4.78, 5) is 17.0. The molecule has 7 nitrogen and oxygen atoms in total. The van der Waals surface area contributed by atoms with Crippen molar-refractivity contribution in [3.8, 4) is 0 Å². The van der Waals surface area contributed by atoms with Gasteiger partial charge in [-0.1, -0.05) is 12.8 Å². The molecule has 3 rings (SSSR count). The van der Waals surface area contributed by atoms with Gasteiger partial charge in [-0.05, 0) is 38.2 Å². The van der Waals surface area contributed by atoms with Crippen LogP contribution in [-0.4, -0.2) is 51.2 Å². The van der Waals surface area contributed by atoms with Crippen molar-refractivity contribution in [1.82, 2.24) is 9.88 Å². The van der Waals surface area contributed by atoms with E-state index in [2.05, 4.69) is 15.2 Å². The molecule has 132 valence electrons. The first-order valence-corrected chi connectivity index (χ1v) is 8.84. The topological polar surface area (TPSA) is 91.5 Å². The monoisotopic (exact) mass is 334 g/mol. The Balaban J connectivity index is 1.54. The Labute approximate surface area is 142 Å². The lowest BCUT2D eigenvalue weighted by molar-refractivity contribution is -0.385. The third-order valence-corrected chi connectivity index (χ3v) is 5.31. The first kappa shape index (κ1) is 17.1. The lowest BCUT2D eigenvalue weighted by Gasteiger charge is -2.41. The van der Waals surface area contributed by atoms with Crippen LogP contribution in [0.4, 0.5) is 11.5 Å². The Morgan fingerprint density at radius 3 is 2.62 bits per heavy atom. The molecule has 1 aromatic rings. The number of aromatic nitrogens is 1. The van der Waals surface area contributed by atoms with Crippen LogP contribution < -0.4 is 5.32 Å². The minimum atomic E-state index is -0.419. The average molecular weight is 334 g/mol. The van der Waals surface area contributed by atoms with E-state index < -0.39 is 4.92 Å². The molecule has 0 aromatic carbocycles. The lowest BCUT2D eigenvalue weighted by Crippen LogP contribution is -2.50. The Morgan fingerprint density at radius 1 is 1.29 bits per heavy atom. The number of anilines is 1. The molecule has 0 bridgehead atoms. The van der Waals surface area contributed by atoms with Crippen LogP contribution in [0.15, 0.2) is 12.3 Å². The quantitative estimate of drug-likeness (QED) is 0.649. The maximum atomic E-state index is 10.8. The molecule has 2 unspecified atom stereocenters. The van der Waals surface area contributed by atoms with Gasteiger partial charge in [-0.15, -0.1) is 0 Å². The van der Waals surface area contributed by atoms with Crippen LogP contribution in [0.2, 0.25) is 0 Å². The molecule has 1 aliphatic carbocycles. The van der Waals surface area contributed by atoms with Crippen molar-refractivity contribution >= 4 is 11.5 Å². The predicted molar refractivity (Wildman–Crippen MR) is 92.1 cm³/mol. The number of nitrogens with zero attached hydrogens (tertiary/aromatic N) is 3. The second kappa shape index (κ2) is 7.44. The maximum Gasteiger partial charge on any atom is 0.287 e. The van der Waals surface area contributed by atoms with Gasteiger partial charge in [-0.3, -0.25) is 15.0 Å². The molecule has 1 saturated carbocycles. The molecule has 2 atom stereocenters. The fraction of sp³-hybridized carbons (Fsp3) is 0.706. The van der Waals surface area contributed by atoms with Crippen molar-refractivity contribution in [2.24, 2.45) is 0 Å². The smallest absolute Gasteiger partial charge is 0.287 e. The summed E-state index contributed by atoms with van der Waals surface area (Å²) in [5.74, 6) is 0.733. The molecule has 24 heavy (non-hydrogen) atoms. The first-order valence-electron chi connectivity index (χ1n) is 8.84. The summed E-state index contributed by atoms with van der Waals surface area (Å²) in [6.45, 7) is 3.80. The summed E-state index contributed by atoms with van der Waals surface area (Å²) in [5.41, 5.74) is 0.827. The molecular weight excluding hydrogens is 308 g/mol. The molecule has 2 heterocycles. The van der Waals surface area contributed by atoms with E-state index in [1.165, 1.54) is 12.6 Å². The van der Waals surface area contributed by atoms with Crippen LogP contribution >= 0.6 is 0 Å². The fourth-order valence-electron chi connectivity index (χ4n) is 3.90. The van der Waals surface area contributed by atoms with E-state index in [1.807, 2.05) is 6.92 Å². The summed E-state index contributed by atoms with van der Waals surface area (Å²) < 4.78 is 0. The number of hydrogen-bond donors (Lipinski definition) is 2. The van der Waals surface area contributed by atoms with E-state index in [0.717, 1.165) is 56.6 Å². The van der Waals surface area contributed by atoms with Gasteiger partial charge >= 0.3 is 0 Å². The van der Waals surface area contributed by atoms with Gasteiger partial charge in [0.1, 0.15) is 12.0 Å². The van der Waals surface area contributed by atoms with Crippen molar-refractivity contribution < 1.29 is 10.0 Å². The number of aryl methyl sites for hydroxylation is 1. The number of piperidine rings is 1. The molecule has 7 heteroatoms. The van der Waals surface area contributed by atoms with Crippen molar-refractivity contribution in [1.29, 1.82) is 0 Å². The van der Waals surface area contributed by atoms with Crippen molar-refractivity contribution in [2.75, 3.05) is 18.4 Å². The number of pyridine rings is 1. The van der Waals surface area contributed by atoms with Gasteiger partial charge in [0.2, 0.25) is 0 Å². The molecule has 0 radical (unpaired) electrons. The zero-order valence-corrected chi connectivity index (χ0v) is 14.1. The zero-order valence-electron chi connectivity index (χ0n) is 14.1. The fourth-order valence-corrected chi connectivity index (χ4v) is 3.90. The van der Waals surface area contributed by atoms with E-state index in [0.29, 0.717) is 12.1 Å². The first-order chi connectivity index (χ1) is 11.5. The molecule has 0 amide bonds. The number of nitrogens with one attached hydrogen (secondary N) is 1. The van der Waals surface area contributed by atoms with E-state index in [1.54, 1.807) is 6.07 Å². The highest BCUT2D eigenvalue weighted by Crippen LogP contribution is 2.27. The number of nitro groups is 1. The molecule has 2 N–H and O–H groups in total. The summed E-state index contributed by atoms with van der Waals surface area (Å²) >= 11 is 0. The third-order valence-electron chi connectivity index (χ3n) is 5.31. The van der Waals surface area contributed by atoms with Gasteiger partial charge < -0.3 is 10.4 Å². The van der Waals surface area contributed by atoms with Gasteiger partial charge in [0.05, 0.1) is 11.0 Å². The van der Waals surface area contributed by atoms with Gasteiger partial charge in [-0.2, -0.15) is 0 Å².